The van der Waals surface area contributed by atoms with Crippen molar-refractivity contribution < 1.29 is 48.6 Å². The minimum Gasteiger partial charge on any atom is -0.508 e. The van der Waals surface area contributed by atoms with Gasteiger partial charge in [0.05, 0.1) is 25.2 Å². The number of hydrogen-bond donors (Lipinski definition) is 12. The second-order valence-electron chi connectivity index (χ2n) is 17.9. The average molecular weight is 1080 g/mol. The van der Waals surface area contributed by atoms with Crippen LogP contribution in [0, 0.1) is 0 Å². The lowest BCUT2D eigenvalue weighted by atomic mass is 10.0. The van der Waals surface area contributed by atoms with Crippen molar-refractivity contribution in [3.05, 3.63) is 167 Å². The van der Waals surface area contributed by atoms with Crippen LogP contribution >= 0.6 is 23.5 Å². The van der Waals surface area contributed by atoms with Gasteiger partial charge in [0.25, 0.3) is 11.8 Å². The fraction of sp³-hybridized carbons (Fsp3) is 0.296. The smallest absolute Gasteiger partial charge is 0.261 e. The van der Waals surface area contributed by atoms with Crippen LogP contribution in [0.15, 0.2) is 133 Å². The number of hydrazine groups is 1. The minimum absolute atomic E-state index is 0.0306. The van der Waals surface area contributed by atoms with Crippen LogP contribution in [0.1, 0.15) is 33.4 Å². The quantitative estimate of drug-likeness (QED) is 0.0812. The van der Waals surface area contributed by atoms with E-state index in [1.165, 1.54) is 47.8 Å². The number of phenolic OH excluding ortho intramolecular Hbond substituents is 2. The lowest BCUT2D eigenvalue weighted by molar-refractivity contribution is -0.134. The summed E-state index contributed by atoms with van der Waals surface area (Å²) in [4.78, 5) is 110. The highest BCUT2D eigenvalue weighted by Gasteiger charge is 2.30. The highest BCUT2D eigenvalue weighted by Crippen LogP contribution is 2.23. The Morgan fingerprint density at radius 1 is 0.500 bits per heavy atom. The molecular formula is C54H62N10O10S2. The molecule has 0 aromatic heterocycles. The first-order chi connectivity index (χ1) is 36.6. The van der Waals surface area contributed by atoms with Crippen LogP contribution < -0.4 is 54.2 Å². The van der Waals surface area contributed by atoms with E-state index in [0.29, 0.717) is 33.8 Å². The molecule has 0 saturated carbocycles. The number of nitrogens with two attached hydrogens (primary N) is 2. The first-order valence-electron chi connectivity index (χ1n) is 24.3. The fourth-order valence-corrected chi connectivity index (χ4v) is 9.96. The van der Waals surface area contributed by atoms with Gasteiger partial charge in [-0.05, 0) is 70.5 Å². The number of carbonyl (C=O) groups is 8. The maximum absolute atomic E-state index is 13.9. The topological polar surface area (TPSA) is 325 Å². The summed E-state index contributed by atoms with van der Waals surface area (Å²) in [5.41, 5.74) is 21.7. The molecule has 0 radical (unpaired) electrons. The van der Waals surface area contributed by atoms with Crippen molar-refractivity contribution in [3.8, 4) is 11.5 Å². The van der Waals surface area contributed by atoms with Crippen molar-refractivity contribution in [1.82, 2.24) is 42.8 Å². The maximum atomic E-state index is 13.9. The first kappa shape index (κ1) is 57.4. The molecule has 0 saturated heterocycles. The number of hydrogen-bond acceptors (Lipinski definition) is 14. The normalized spacial score (nSPS) is 19.6. The largest absolute Gasteiger partial charge is 0.508 e. The van der Waals surface area contributed by atoms with Crippen LogP contribution in [-0.4, -0.2) is 118 Å². The monoisotopic (exact) mass is 1070 g/mol. The van der Waals surface area contributed by atoms with Gasteiger partial charge in [0.15, 0.2) is 0 Å². The predicted octanol–water partition coefficient (Wildman–Crippen LogP) is 0.522. The van der Waals surface area contributed by atoms with Crippen molar-refractivity contribution in [2.75, 3.05) is 24.6 Å². The van der Waals surface area contributed by atoms with E-state index >= 15 is 0 Å². The Morgan fingerprint density at radius 3 is 1.22 bits per heavy atom. The van der Waals surface area contributed by atoms with Crippen molar-refractivity contribution in [2.24, 2.45) is 11.5 Å². The molecular weight excluding hydrogens is 1010 g/mol. The summed E-state index contributed by atoms with van der Waals surface area (Å²) >= 11 is 2.64. The Kier molecular flexibility index (Phi) is 22.1. The molecule has 1 heterocycles. The molecule has 0 unspecified atom stereocenters. The van der Waals surface area contributed by atoms with Gasteiger partial charge in [-0.1, -0.05) is 109 Å². The van der Waals surface area contributed by atoms with Gasteiger partial charge >= 0.3 is 0 Å². The predicted molar refractivity (Wildman–Crippen MR) is 289 cm³/mol. The number of nitrogens with one attached hydrogen (secondary N) is 8. The van der Waals surface area contributed by atoms with E-state index < -0.39 is 96.6 Å². The van der Waals surface area contributed by atoms with Crippen LogP contribution in [0.3, 0.4) is 0 Å². The lowest BCUT2D eigenvalue weighted by Gasteiger charge is -2.23. The van der Waals surface area contributed by atoms with Crippen molar-refractivity contribution in [2.45, 2.75) is 73.4 Å². The fourth-order valence-electron chi connectivity index (χ4n) is 7.78. The minimum atomic E-state index is -1.29. The standard InChI is InChI=1S/C54H62N10O10S2/c55-41(23-35-15-19-39(65)20-16-35)49(69)61-45-31-75-29-37-13-7-8-14-38(37)30-76-32-46(62-50(70)42(56)24-36-17-21-40(66)22-18-36)52(72)58-28-48(68)60-44(26-34-11-5-2-6-12-34)54(74)64-63-53(73)43(25-33-9-3-1-4-10-33)59-47(67)27-57-51(45)71/h1-22,41-46,65-66H,23-32,55-56H2,(H,57,71)(H,58,72)(H,59,67)(H,60,68)(H,61,69)(H,62,70)(H,63,73)(H,64,74)/t41-,42-,43-,44-,45+,46+/m0/s1. The Hall–Kier alpha value is -7.92. The zero-order valence-corrected chi connectivity index (χ0v) is 43.0. The van der Waals surface area contributed by atoms with Crippen LogP contribution in [0.25, 0.3) is 0 Å². The summed E-state index contributed by atoms with van der Waals surface area (Å²) in [5, 5.41) is 35.3. The molecule has 14 N–H and O–H groups in total. The number of fused-ring (bicyclic) bond motifs is 1. The van der Waals surface area contributed by atoms with Crippen LogP contribution in [-0.2, 0) is 75.5 Å². The molecule has 20 nitrogen and oxygen atoms in total. The third-order valence-corrected chi connectivity index (χ3v) is 14.1. The van der Waals surface area contributed by atoms with Gasteiger partial charge in [-0.3, -0.25) is 49.2 Å². The number of phenols is 2. The van der Waals surface area contributed by atoms with Gasteiger partial charge in [0.1, 0.15) is 35.7 Å². The molecule has 0 aliphatic carbocycles. The zero-order valence-electron chi connectivity index (χ0n) is 41.4. The molecule has 5 aromatic carbocycles. The molecule has 0 fully saturated rings. The SMILES string of the molecule is N[C@@H](Cc1ccc(O)cc1)C(=O)N[C@@H]1CSCc2ccccc2CSC[C@@H](NC(=O)[C@@H](N)Cc2ccc(O)cc2)C(=O)NCC(=O)N[C@@H](Cc2ccccc2)C(=O)NNC(=O)[C@H](Cc2ccccc2)NC(=O)CNC1=O. The van der Waals surface area contributed by atoms with Gasteiger partial charge in [-0.2, -0.15) is 23.5 Å². The van der Waals surface area contributed by atoms with Crippen LogP contribution in [0.4, 0.5) is 0 Å². The van der Waals surface area contributed by atoms with Gasteiger partial charge in [0.2, 0.25) is 35.4 Å². The van der Waals surface area contributed by atoms with E-state index in [9.17, 15) is 48.6 Å². The Balaban J connectivity index is 1.25. The highest BCUT2D eigenvalue weighted by atomic mass is 32.2. The van der Waals surface area contributed by atoms with Crippen molar-refractivity contribution >= 4 is 70.8 Å². The number of aromatic hydroxyl groups is 2. The molecule has 76 heavy (non-hydrogen) atoms. The molecule has 1 aliphatic heterocycles. The number of thioether (sulfide) groups is 2. The summed E-state index contributed by atoms with van der Waals surface area (Å²) in [5.74, 6) is -5.06. The lowest BCUT2D eigenvalue weighted by Crippen LogP contribution is -2.59. The van der Waals surface area contributed by atoms with Gasteiger partial charge in [-0.25, -0.2) is 0 Å². The Bertz CT molecular complexity index is 2590. The number of rotatable bonds is 12. The Labute approximate surface area is 448 Å². The van der Waals surface area contributed by atoms with Crippen LogP contribution in [0.5, 0.6) is 11.5 Å². The molecule has 8 amide bonds. The van der Waals surface area contributed by atoms with E-state index in [2.05, 4.69) is 42.8 Å². The number of amides is 8. The average Bonchev–Trinajstić information content (AvgIpc) is 3.41. The van der Waals surface area contributed by atoms with Crippen molar-refractivity contribution in [3.63, 3.8) is 0 Å². The molecule has 6 atom stereocenters. The molecule has 5 aromatic rings. The van der Waals surface area contributed by atoms with E-state index in [0.717, 1.165) is 11.1 Å². The third kappa shape index (κ3) is 18.8. The van der Waals surface area contributed by atoms with E-state index in [-0.39, 0.29) is 48.7 Å². The van der Waals surface area contributed by atoms with E-state index in [1.54, 1.807) is 84.9 Å². The maximum Gasteiger partial charge on any atom is 0.261 e. The molecule has 6 rings (SSSR count). The van der Waals surface area contributed by atoms with Crippen molar-refractivity contribution in [1.29, 1.82) is 0 Å². The molecule has 1 aliphatic rings. The zero-order chi connectivity index (χ0) is 54.4. The Morgan fingerprint density at radius 2 is 0.855 bits per heavy atom. The molecule has 22 heteroatoms. The summed E-state index contributed by atoms with van der Waals surface area (Å²) in [7, 11) is 0. The molecule has 0 spiro atoms. The van der Waals surface area contributed by atoms with Gasteiger partial charge in [0, 0.05) is 35.9 Å². The molecule has 0 bridgehead atoms. The second-order valence-corrected chi connectivity index (χ2v) is 20.0. The van der Waals surface area contributed by atoms with E-state index in [4.69, 9.17) is 11.5 Å². The summed E-state index contributed by atoms with van der Waals surface area (Å²) in [6, 6.07) is 30.1. The highest BCUT2D eigenvalue weighted by molar-refractivity contribution is 7.98. The second kappa shape index (κ2) is 29.2. The van der Waals surface area contributed by atoms with Gasteiger partial charge < -0.3 is 53.6 Å². The summed E-state index contributed by atoms with van der Waals surface area (Å²) in [6.45, 7) is -1.21. The summed E-state index contributed by atoms with van der Waals surface area (Å²) < 4.78 is 0. The van der Waals surface area contributed by atoms with Crippen LogP contribution in [0.2, 0.25) is 0 Å². The number of benzene rings is 5. The third-order valence-electron chi connectivity index (χ3n) is 11.9. The van der Waals surface area contributed by atoms with E-state index in [1.807, 2.05) is 24.3 Å². The summed E-state index contributed by atoms with van der Waals surface area (Å²) in [6.07, 6.45) is 0.110. The first-order valence-corrected chi connectivity index (χ1v) is 26.6. The molecule has 400 valence electrons. The number of carbonyl (C=O) groups excluding carboxylic acids is 8. The van der Waals surface area contributed by atoms with Gasteiger partial charge in [-0.15, -0.1) is 0 Å².